The predicted molar refractivity (Wildman–Crippen MR) is 50.1 cm³/mol. The average Bonchev–Trinajstić information content (AvgIpc) is 1.97. The first-order chi connectivity index (χ1) is 5.91. The van der Waals surface area contributed by atoms with E-state index in [1.54, 1.807) is 19.9 Å². The van der Waals surface area contributed by atoms with Crippen molar-refractivity contribution >= 4 is 6.09 Å². The molecule has 4 heteroatoms. The van der Waals surface area contributed by atoms with E-state index in [9.17, 15) is 4.79 Å². The number of ether oxygens (including phenoxy) is 1. The van der Waals surface area contributed by atoms with Crippen LogP contribution in [-0.2, 0) is 4.74 Å². The number of rotatable bonds is 5. The van der Waals surface area contributed by atoms with Crippen LogP contribution in [0.2, 0.25) is 0 Å². The van der Waals surface area contributed by atoms with Crippen LogP contribution in [0.1, 0.15) is 20.3 Å². The molecule has 0 heterocycles. The van der Waals surface area contributed by atoms with E-state index in [2.05, 4.69) is 6.58 Å². The maximum absolute atomic E-state index is 10.5. The van der Waals surface area contributed by atoms with Gasteiger partial charge in [-0.1, -0.05) is 6.08 Å². The molecule has 0 aliphatic rings. The van der Waals surface area contributed by atoms with E-state index in [0.29, 0.717) is 6.42 Å². The predicted octanol–water partition coefficient (Wildman–Crippen LogP) is 1.04. The van der Waals surface area contributed by atoms with Gasteiger partial charge in [0.25, 0.3) is 0 Å². The first kappa shape index (κ1) is 12.0. The molecule has 1 atom stereocenters. The third-order valence-corrected chi connectivity index (χ3v) is 1.70. The van der Waals surface area contributed by atoms with Crippen LogP contribution >= 0.6 is 0 Å². The molecule has 1 amide bonds. The molecule has 3 N–H and O–H groups in total. The van der Waals surface area contributed by atoms with E-state index in [4.69, 9.17) is 15.6 Å². The van der Waals surface area contributed by atoms with Crippen LogP contribution in [0.15, 0.2) is 12.7 Å². The average molecular weight is 187 g/mol. The largest absolute Gasteiger partial charge is 0.444 e. The highest BCUT2D eigenvalue weighted by molar-refractivity contribution is 5.65. The van der Waals surface area contributed by atoms with Gasteiger partial charge in [0.05, 0.1) is 0 Å². The molecule has 0 rings (SSSR count). The van der Waals surface area contributed by atoms with E-state index in [1.165, 1.54) is 0 Å². The van der Waals surface area contributed by atoms with Gasteiger partial charge in [0.2, 0.25) is 0 Å². The quantitative estimate of drug-likeness (QED) is 0.632. The molecule has 0 saturated carbocycles. The zero-order valence-corrected chi connectivity index (χ0v) is 8.12. The van der Waals surface area contributed by atoms with Crippen LogP contribution in [0, 0.1) is 5.92 Å². The molecule has 0 aromatic rings. The first-order valence-corrected chi connectivity index (χ1v) is 4.13. The molecule has 0 fully saturated rings. The summed E-state index contributed by atoms with van der Waals surface area (Å²) >= 11 is 0. The standard InChI is InChI=1S/C9H17NO3/c1-4-7(6-11)5-9(2,3)13-8(10)12/h4,7,11H,1,5-6H2,2-3H3,(H2,10,12). The lowest BCUT2D eigenvalue weighted by molar-refractivity contribution is 0.0249. The van der Waals surface area contributed by atoms with Crippen LogP contribution in [-0.4, -0.2) is 23.4 Å². The molecule has 13 heavy (non-hydrogen) atoms. The Labute approximate surface area is 78.4 Å². The Morgan fingerprint density at radius 3 is 2.62 bits per heavy atom. The number of nitrogens with two attached hydrogens (primary N) is 1. The van der Waals surface area contributed by atoms with Crippen LogP contribution in [0.4, 0.5) is 4.79 Å². The van der Waals surface area contributed by atoms with Gasteiger partial charge in [-0.2, -0.15) is 0 Å². The fraction of sp³-hybridized carbons (Fsp3) is 0.667. The first-order valence-electron chi connectivity index (χ1n) is 4.13. The molecule has 0 radical (unpaired) electrons. The Morgan fingerprint density at radius 2 is 2.31 bits per heavy atom. The van der Waals surface area contributed by atoms with Crippen molar-refractivity contribution in [1.82, 2.24) is 0 Å². The Kier molecular flexibility index (Phi) is 4.48. The minimum absolute atomic E-state index is 0.00491. The zero-order valence-electron chi connectivity index (χ0n) is 8.12. The lowest BCUT2D eigenvalue weighted by Gasteiger charge is -2.26. The fourth-order valence-corrected chi connectivity index (χ4v) is 1.17. The van der Waals surface area contributed by atoms with E-state index in [-0.39, 0.29) is 12.5 Å². The van der Waals surface area contributed by atoms with Crippen molar-refractivity contribution in [2.45, 2.75) is 25.9 Å². The number of carbonyl (C=O) groups excluding carboxylic acids is 1. The topological polar surface area (TPSA) is 72.6 Å². The molecule has 0 aliphatic heterocycles. The van der Waals surface area contributed by atoms with Gasteiger partial charge in [-0.25, -0.2) is 4.79 Å². The van der Waals surface area contributed by atoms with Gasteiger partial charge in [-0.05, 0) is 20.3 Å². The summed E-state index contributed by atoms with van der Waals surface area (Å²) in [7, 11) is 0. The van der Waals surface area contributed by atoms with E-state index < -0.39 is 11.7 Å². The van der Waals surface area contributed by atoms with E-state index >= 15 is 0 Å². The van der Waals surface area contributed by atoms with Gasteiger partial charge in [-0.15, -0.1) is 6.58 Å². The van der Waals surface area contributed by atoms with Gasteiger partial charge < -0.3 is 15.6 Å². The SMILES string of the molecule is C=CC(CO)CC(C)(C)OC(N)=O. The van der Waals surface area contributed by atoms with Crippen LogP contribution in [0.25, 0.3) is 0 Å². The maximum atomic E-state index is 10.5. The second-order valence-electron chi connectivity index (χ2n) is 3.56. The van der Waals surface area contributed by atoms with Crippen LogP contribution < -0.4 is 5.73 Å². The number of aliphatic hydroxyl groups excluding tert-OH is 1. The van der Waals surface area contributed by atoms with Crippen molar-refractivity contribution in [1.29, 1.82) is 0 Å². The number of amides is 1. The molecule has 0 aromatic carbocycles. The summed E-state index contributed by atoms with van der Waals surface area (Å²) in [6, 6.07) is 0. The summed E-state index contributed by atoms with van der Waals surface area (Å²) in [4.78, 5) is 10.5. The molecule has 0 aromatic heterocycles. The van der Waals surface area contributed by atoms with Crippen molar-refractivity contribution in [3.05, 3.63) is 12.7 Å². The second-order valence-corrected chi connectivity index (χ2v) is 3.56. The third-order valence-electron chi connectivity index (χ3n) is 1.70. The molecule has 0 bridgehead atoms. The Bertz CT molecular complexity index is 189. The highest BCUT2D eigenvalue weighted by Crippen LogP contribution is 2.20. The number of hydrogen-bond donors (Lipinski definition) is 2. The summed E-state index contributed by atoms with van der Waals surface area (Å²) in [6.07, 6.45) is 1.34. The molecule has 76 valence electrons. The highest BCUT2D eigenvalue weighted by Gasteiger charge is 2.24. The summed E-state index contributed by atoms with van der Waals surface area (Å²) in [5.41, 5.74) is 4.23. The lowest BCUT2D eigenvalue weighted by atomic mass is 9.94. The molecule has 4 nitrogen and oxygen atoms in total. The molecular weight excluding hydrogens is 170 g/mol. The number of carbonyl (C=O) groups is 1. The van der Waals surface area contributed by atoms with Crippen molar-refractivity contribution in [3.63, 3.8) is 0 Å². The minimum atomic E-state index is -0.800. The summed E-state index contributed by atoms with van der Waals surface area (Å²) < 4.78 is 4.85. The third kappa shape index (κ3) is 5.25. The highest BCUT2D eigenvalue weighted by atomic mass is 16.6. The van der Waals surface area contributed by atoms with Gasteiger partial charge in [-0.3, -0.25) is 0 Å². The smallest absolute Gasteiger partial charge is 0.405 e. The van der Waals surface area contributed by atoms with E-state index in [0.717, 1.165) is 0 Å². The summed E-state index contributed by atoms with van der Waals surface area (Å²) in [6.45, 7) is 7.04. The van der Waals surface area contributed by atoms with Crippen molar-refractivity contribution in [2.75, 3.05) is 6.61 Å². The van der Waals surface area contributed by atoms with Gasteiger partial charge in [0.15, 0.2) is 0 Å². The summed E-state index contributed by atoms with van der Waals surface area (Å²) in [5.74, 6) is -0.0747. The van der Waals surface area contributed by atoms with Gasteiger partial charge in [0, 0.05) is 12.5 Å². The van der Waals surface area contributed by atoms with E-state index in [1.807, 2.05) is 0 Å². The Hall–Kier alpha value is -1.03. The number of hydrogen-bond acceptors (Lipinski definition) is 3. The summed E-state index contributed by atoms with van der Waals surface area (Å²) in [5, 5.41) is 8.88. The molecule has 1 unspecified atom stereocenters. The van der Waals surface area contributed by atoms with Gasteiger partial charge >= 0.3 is 6.09 Å². The molecule has 0 spiro atoms. The molecule has 0 aliphatic carbocycles. The number of aliphatic hydroxyl groups is 1. The molecule has 0 saturated heterocycles. The maximum Gasteiger partial charge on any atom is 0.405 e. The van der Waals surface area contributed by atoms with Crippen molar-refractivity contribution < 1.29 is 14.6 Å². The monoisotopic (exact) mass is 187 g/mol. The zero-order chi connectivity index (χ0) is 10.5. The van der Waals surface area contributed by atoms with Crippen LogP contribution in [0.3, 0.4) is 0 Å². The molecular formula is C9H17NO3. The van der Waals surface area contributed by atoms with Crippen molar-refractivity contribution in [3.8, 4) is 0 Å². The Balaban J connectivity index is 4.13. The second kappa shape index (κ2) is 4.87. The normalized spacial score (nSPS) is 13.5. The van der Waals surface area contributed by atoms with Crippen molar-refractivity contribution in [2.24, 2.45) is 11.7 Å². The van der Waals surface area contributed by atoms with Crippen LogP contribution in [0.5, 0.6) is 0 Å². The number of primary amides is 1. The fourth-order valence-electron chi connectivity index (χ4n) is 1.17. The Morgan fingerprint density at radius 1 is 1.77 bits per heavy atom. The minimum Gasteiger partial charge on any atom is -0.444 e. The van der Waals surface area contributed by atoms with Gasteiger partial charge in [0.1, 0.15) is 5.60 Å². The lowest BCUT2D eigenvalue weighted by Crippen LogP contribution is -2.33.